The van der Waals surface area contributed by atoms with Crippen LogP contribution < -0.4 is 14.8 Å². The summed E-state index contributed by atoms with van der Waals surface area (Å²) in [6.07, 6.45) is 6.46. The molecular formula is C17H25NO2. The van der Waals surface area contributed by atoms with Crippen LogP contribution in [0.3, 0.4) is 0 Å². The molecule has 1 aromatic carbocycles. The third kappa shape index (κ3) is 4.01. The van der Waals surface area contributed by atoms with E-state index in [9.17, 15) is 0 Å². The molecule has 0 aromatic heterocycles. The molecule has 0 radical (unpaired) electrons. The molecule has 0 bridgehead atoms. The first-order valence-electron chi connectivity index (χ1n) is 7.58. The molecule has 1 heterocycles. The van der Waals surface area contributed by atoms with Gasteiger partial charge in [-0.3, -0.25) is 0 Å². The maximum absolute atomic E-state index is 6.11. The van der Waals surface area contributed by atoms with E-state index >= 15 is 0 Å². The van der Waals surface area contributed by atoms with Crippen LogP contribution >= 0.6 is 0 Å². The highest BCUT2D eigenvalue weighted by Gasteiger charge is 2.27. The van der Waals surface area contributed by atoms with E-state index in [1.54, 1.807) is 0 Å². The van der Waals surface area contributed by atoms with Crippen molar-refractivity contribution in [3.05, 3.63) is 36.9 Å². The lowest BCUT2D eigenvalue weighted by molar-refractivity contribution is 0.0590. The largest absolute Gasteiger partial charge is 0.486 e. The zero-order valence-electron chi connectivity index (χ0n) is 12.3. The van der Waals surface area contributed by atoms with Crippen molar-refractivity contribution in [2.45, 2.75) is 44.8 Å². The van der Waals surface area contributed by atoms with Crippen LogP contribution in [0.25, 0.3) is 0 Å². The minimum atomic E-state index is 0.0845. The monoisotopic (exact) mass is 275 g/mol. The summed E-state index contributed by atoms with van der Waals surface area (Å²) in [4.78, 5) is 0. The first-order valence-corrected chi connectivity index (χ1v) is 7.58. The molecule has 110 valence electrons. The molecule has 3 heteroatoms. The Labute approximate surface area is 122 Å². The predicted molar refractivity (Wildman–Crippen MR) is 82.5 cm³/mol. The fourth-order valence-electron chi connectivity index (χ4n) is 2.47. The summed E-state index contributed by atoms with van der Waals surface area (Å²) in [5, 5.41) is 3.59. The van der Waals surface area contributed by atoms with Gasteiger partial charge in [-0.2, -0.15) is 0 Å². The fourth-order valence-corrected chi connectivity index (χ4v) is 2.47. The quantitative estimate of drug-likeness (QED) is 0.581. The van der Waals surface area contributed by atoms with Crippen molar-refractivity contribution in [2.75, 3.05) is 13.2 Å². The number of unbranched alkanes of at least 4 members (excludes halogenated alkanes) is 1. The molecule has 2 rings (SSSR count). The van der Waals surface area contributed by atoms with Crippen LogP contribution in [-0.4, -0.2) is 25.3 Å². The number of para-hydroxylation sites is 2. The number of benzene rings is 1. The van der Waals surface area contributed by atoms with Gasteiger partial charge in [0.05, 0.1) is 0 Å². The van der Waals surface area contributed by atoms with Crippen molar-refractivity contribution in [3.63, 3.8) is 0 Å². The number of ether oxygens (including phenoxy) is 2. The van der Waals surface area contributed by atoms with Gasteiger partial charge in [-0.25, -0.2) is 0 Å². The lowest BCUT2D eigenvalue weighted by Crippen LogP contribution is -2.48. The van der Waals surface area contributed by atoms with Crippen LogP contribution in [0.4, 0.5) is 0 Å². The highest BCUT2D eigenvalue weighted by atomic mass is 16.6. The molecule has 0 fully saturated rings. The molecule has 0 spiro atoms. The van der Waals surface area contributed by atoms with E-state index in [-0.39, 0.29) is 6.10 Å². The van der Waals surface area contributed by atoms with Gasteiger partial charge in [0.1, 0.15) is 12.7 Å². The Bertz CT molecular complexity index is 419. The Morgan fingerprint density at radius 3 is 2.95 bits per heavy atom. The molecule has 0 saturated heterocycles. The molecule has 0 amide bonds. The van der Waals surface area contributed by atoms with E-state index in [1.165, 1.54) is 0 Å². The Balaban J connectivity index is 1.96. The summed E-state index contributed by atoms with van der Waals surface area (Å²) in [6, 6.07) is 8.22. The van der Waals surface area contributed by atoms with Gasteiger partial charge in [-0.05, 0) is 44.4 Å². The number of hydrogen-bond acceptors (Lipinski definition) is 3. The van der Waals surface area contributed by atoms with Crippen molar-refractivity contribution < 1.29 is 9.47 Å². The minimum absolute atomic E-state index is 0.0845. The minimum Gasteiger partial charge on any atom is -0.486 e. The first kappa shape index (κ1) is 14.9. The zero-order chi connectivity index (χ0) is 14.2. The average Bonchev–Trinajstić information content (AvgIpc) is 2.50. The van der Waals surface area contributed by atoms with Gasteiger partial charge in [0.25, 0.3) is 0 Å². The summed E-state index contributed by atoms with van der Waals surface area (Å²) in [7, 11) is 0. The average molecular weight is 275 g/mol. The van der Waals surface area contributed by atoms with Crippen LogP contribution in [0.2, 0.25) is 0 Å². The van der Waals surface area contributed by atoms with Crippen LogP contribution in [0.1, 0.15) is 32.6 Å². The molecule has 1 aliphatic rings. The van der Waals surface area contributed by atoms with Crippen molar-refractivity contribution in [1.29, 1.82) is 0 Å². The standard InChI is InChI=1S/C17H25NO2/c1-3-5-6-9-14(18-12-4-2)17-13-19-15-10-7-8-11-16(15)20-17/h3,7-8,10-11,14,17-18H,1,4-6,9,12-13H2,2H3. The fraction of sp³-hybridized carbons (Fsp3) is 0.529. The third-order valence-corrected chi connectivity index (χ3v) is 3.56. The van der Waals surface area contributed by atoms with E-state index in [0.717, 1.165) is 43.7 Å². The van der Waals surface area contributed by atoms with Gasteiger partial charge < -0.3 is 14.8 Å². The van der Waals surface area contributed by atoms with Crippen LogP contribution in [-0.2, 0) is 0 Å². The smallest absolute Gasteiger partial charge is 0.161 e. The number of nitrogens with one attached hydrogen (secondary N) is 1. The molecule has 1 aromatic rings. The van der Waals surface area contributed by atoms with E-state index in [0.29, 0.717) is 12.6 Å². The Morgan fingerprint density at radius 1 is 1.40 bits per heavy atom. The SMILES string of the molecule is C=CCCCC(NCCC)C1COc2ccccc2O1. The van der Waals surface area contributed by atoms with E-state index < -0.39 is 0 Å². The molecular weight excluding hydrogens is 250 g/mol. The maximum Gasteiger partial charge on any atom is 0.161 e. The lowest BCUT2D eigenvalue weighted by Gasteiger charge is -2.32. The van der Waals surface area contributed by atoms with Gasteiger partial charge >= 0.3 is 0 Å². The lowest BCUT2D eigenvalue weighted by atomic mass is 10.0. The predicted octanol–water partition coefficient (Wildman–Crippen LogP) is 3.55. The second-order valence-electron chi connectivity index (χ2n) is 5.19. The molecule has 2 atom stereocenters. The van der Waals surface area contributed by atoms with Gasteiger partial charge in [0, 0.05) is 6.04 Å². The second kappa shape index (κ2) is 7.95. The number of rotatable bonds is 8. The Morgan fingerprint density at radius 2 is 2.20 bits per heavy atom. The molecule has 1 N–H and O–H groups in total. The van der Waals surface area contributed by atoms with Gasteiger partial charge in [-0.15, -0.1) is 6.58 Å². The molecule has 1 aliphatic heterocycles. The Hall–Kier alpha value is -1.48. The summed E-state index contributed by atoms with van der Waals surface area (Å²) in [5.41, 5.74) is 0. The van der Waals surface area contributed by atoms with E-state index in [2.05, 4.69) is 18.8 Å². The summed E-state index contributed by atoms with van der Waals surface area (Å²) in [6.45, 7) is 7.60. The van der Waals surface area contributed by atoms with Gasteiger partial charge in [-0.1, -0.05) is 25.1 Å². The third-order valence-electron chi connectivity index (χ3n) is 3.56. The van der Waals surface area contributed by atoms with Crippen molar-refractivity contribution in [1.82, 2.24) is 5.32 Å². The summed E-state index contributed by atoms with van der Waals surface area (Å²) in [5.74, 6) is 1.71. The first-order chi connectivity index (χ1) is 9.85. The zero-order valence-corrected chi connectivity index (χ0v) is 12.3. The molecule has 3 nitrogen and oxygen atoms in total. The normalized spacial score (nSPS) is 18.6. The van der Waals surface area contributed by atoms with Crippen LogP contribution in [0.15, 0.2) is 36.9 Å². The van der Waals surface area contributed by atoms with Crippen molar-refractivity contribution in [2.24, 2.45) is 0 Å². The molecule has 0 saturated carbocycles. The van der Waals surface area contributed by atoms with Gasteiger partial charge in [0.15, 0.2) is 11.5 Å². The molecule has 0 aliphatic carbocycles. The second-order valence-corrected chi connectivity index (χ2v) is 5.19. The van der Waals surface area contributed by atoms with Gasteiger partial charge in [0.2, 0.25) is 0 Å². The Kier molecular flexibility index (Phi) is 5.93. The van der Waals surface area contributed by atoms with Crippen LogP contribution in [0, 0.1) is 0 Å². The topological polar surface area (TPSA) is 30.5 Å². The number of fused-ring (bicyclic) bond motifs is 1. The van der Waals surface area contributed by atoms with E-state index in [4.69, 9.17) is 9.47 Å². The number of allylic oxidation sites excluding steroid dienone is 1. The van der Waals surface area contributed by atoms with Crippen molar-refractivity contribution in [3.8, 4) is 11.5 Å². The van der Waals surface area contributed by atoms with Crippen LogP contribution in [0.5, 0.6) is 11.5 Å². The molecule has 2 unspecified atom stereocenters. The summed E-state index contributed by atoms with van der Waals surface area (Å²) >= 11 is 0. The van der Waals surface area contributed by atoms with Crippen molar-refractivity contribution >= 4 is 0 Å². The highest BCUT2D eigenvalue weighted by Crippen LogP contribution is 2.32. The molecule has 20 heavy (non-hydrogen) atoms. The maximum atomic E-state index is 6.11. The summed E-state index contributed by atoms with van der Waals surface area (Å²) < 4.78 is 11.9. The van der Waals surface area contributed by atoms with E-state index in [1.807, 2.05) is 30.3 Å². The highest BCUT2D eigenvalue weighted by molar-refractivity contribution is 5.40. The number of hydrogen-bond donors (Lipinski definition) is 1.